The van der Waals surface area contributed by atoms with Crippen molar-refractivity contribution in [1.82, 2.24) is 9.80 Å². The van der Waals surface area contributed by atoms with Gasteiger partial charge in [0.25, 0.3) is 0 Å². The van der Waals surface area contributed by atoms with Gasteiger partial charge in [-0.15, -0.1) is 0 Å². The highest BCUT2D eigenvalue weighted by atomic mass is 16.5. The quantitative estimate of drug-likeness (QED) is 0.765. The molecule has 1 saturated heterocycles. The molecule has 0 unspecified atom stereocenters. The van der Waals surface area contributed by atoms with Crippen LogP contribution in [-0.4, -0.2) is 63.3 Å². The van der Waals surface area contributed by atoms with Crippen LogP contribution >= 0.6 is 0 Å². The average molecular weight is 293 g/mol. The molecule has 0 aromatic heterocycles. The molecule has 2 N–H and O–H groups in total. The number of methoxy groups -OCH3 is 1. The summed E-state index contributed by atoms with van der Waals surface area (Å²) in [5.74, 6) is 1.56. The molecule has 0 saturated carbocycles. The number of nitrogens with two attached hydrogens (primary N) is 1. The SMILES string of the molecule is COc1ccc(CN)cc1OCCCN1CCN(C)CC1. The molecule has 1 aromatic carbocycles. The van der Waals surface area contributed by atoms with E-state index in [9.17, 15) is 0 Å². The first kappa shape index (κ1) is 16.1. The molecule has 1 heterocycles. The fraction of sp³-hybridized carbons (Fsp3) is 0.625. The fourth-order valence-corrected chi connectivity index (χ4v) is 2.50. The van der Waals surface area contributed by atoms with Gasteiger partial charge in [0.05, 0.1) is 13.7 Å². The van der Waals surface area contributed by atoms with Crippen molar-refractivity contribution >= 4 is 0 Å². The van der Waals surface area contributed by atoms with Crippen molar-refractivity contribution in [3.05, 3.63) is 23.8 Å². The average Bonchev–Trinajstić information content (AvgIpc) is 2.53. The Bertz CT molecular complexity index is 432. The third kappa shape index (κ3) is 4.88. The van der Waals surface area contributed by atoms with E-state index in [1.165, 1.54) is 0 Å². The van der Waals surface area contributed by atoms with Gasteiger partial charge in [0, 0.05) is 39.3 Å². The van der Waals surface area contributed by atoms with Gasteiger partial charge in [-0.3, -0.25) is 0 Å². The zero-order chi connectivity index (χ0) is 15.1. The minimum Gasteiger partial charge on any atom is -0.493 e. The van der Waals surface area contributed by atoms with E-state index in [2.05, 4.69) is 16.8 Å². The van der Waals surface area contributed by atoms with Crippen molar-refractivity contribution < 1.29 is 9.47 Å². The maximum absolute atomic E-state index is 5.87. The molecule has 2 rings (SSSR count). The lowest BCUT2D eigenvalue weighted by Gasteiger charge is -2.32. The Hall–Kier alpha value is -1.30. The molecule has 5 heteroatoms. The fourth-order valence-electron chi connectivity index (χ4n) is 2.50. The van der Waals surface area contributed by atoms with E-state index >= 15 is 0 Å². The molecule has 1 aliphatic heterocycles. The molecule has 21 heavy (non-hydrogen) atoms. The lowest BCUT2D eigenvalue weighted by molar-refractivity contribution is 0.145. The van der Waals surface area contributed by atoms with E-state index in [0.29, 0.717) is 13.2 Å². The summed E-state index contributed by atoms with van der Waals surface area (Å²) in [6, 6.07) is 5.85. The number of rotatable bonds is 7. The maximum Gasteiger partial charge on any atom is 0.161 e. The molecule has 0 spiro atoms. The largest absolute Gasteiger partial charge is 0.493 e. The Labute approximate surface area is 127 Å². The third-order valence-corrected chi connectivity index (χ3v) is 3.94. The number of hydrogen-bond donors (Lipinski definition) is 1. The van der Waals surface area contributed by atoms with Crippen molar-refractivity contribution in [1.29, 1.82) is 0 Å². The van der Waals surface area contributed by atoms with Crippen molar-refractivity contribution in [3.63, 3.8) is 0 Å². The Morgan fingerprint density at radius 1 is 1.14 bits per heavy atom. The molecule has 0 atom stereocenters. The molecule has 0 amide bonds. The van der Waals surface area contributed by atoms with Crippen LogP contribution in [0.4, 0.5) is 0 Å². The second-order valence-corrected chi connectivity index (χ2v) is 5.54. The maximum atomic E-state index is 5.87. The van der Waals surface area contributed by atoms with Crippen LogP contribution in [0.3, 0.4) is 0 Å². The highest BCUT2D eigenvalue weighted by molar-refractivity contribution is 5.42. The summed E-state index contributed by atoms with van der Waals surface area (Å²) in [6.07, 6.45) is 1.03. The predicted octanol–water partition coefficient (Wildman–Crippen LogP) is 1.17. The van der Waals surface area contributed by atoms with Crippen LogP contribution in [0.2, 0.25) is 0 Å². The van der Waals surface area contributed by atoms with Crippen molar-refractivity contribution in [2.45, 2.75) is 13.0 Å². The number of ether oxygens (including phenoxy) is 2. The van der Waals surface area contributed by atoms with Gasteiger partial charge in [-0.2, -0.15) is 0 Å². The van der Waals surface area contributed by atoms with Gasteiger partial charge in [0.2, 0.25) is 0 Å². The Kier molecular flexibility index (Phi) is 6.29. The molecule has 1 aromatic rings. The van der Waals surface area contributed by atoms with E-state index in [4.69, 9.17) is 15.2 Å². The van der Waals surface area contributed by atoms with Gasteiger partial charge in [0.15, 0.2) is 11.5 Å². The molecule has 1 fully saturated rings. The van der Waals surface area contributed by atoms with Crippen LogP contribution in [0.25, 0.3) is 0 Å². The molecule has 1 aliphatic rings. The van der Waals surface area contributed by atoms with E-state index in [1.807, 2.05) is 18.2 Å². The molecule has 118 valence electrons. The molecular formula is C16H27N3O2. The molecule has 0 aliphatic carbocycles. The predicted molar refractivity (Wildman–Crippen MR) is 84.9 cm³/mol. The van der Waals surface area contributed by atoms with E-state index in [-0.39, 0.29) is 0 Å². The third-order valence-electron chi connectivity index (χ3n) is 3.94. The topological polar surface area (TPSA) is 51.0 Å². The lowest BCUT2D eigenvalue weighted by atomic mass is 10.2. The van der Waals surface area contributed by atoms with Crippen LogP contribution in [0.15, 0.2) is 18.2 Å². The second kappa shape index (κ2) is 8.22. The summed E-state index contributed by atoms with van der Waals surface area (Å²) >= 11 is 0. The zero-order valence-electron chi connectivity index (χ0n) is 13.2. The van der Waals surface area contributed by atoms with Gasteiger partial charge in [-0.25, -0.2) is 0 Å². The monoisotopic (exact) mass is 293 g/mol. The van der Waals surface area contributed by atoms with Crippen LogP contribution in [0, 0.1) is 0 Å². The number of nitrogens with zero attached hydrogens (tertiary/aromatic N) is 2. The summed E-state index contributed by atoms with van der Waals surface area (Å²) in [4.78, 5) is 4.87. The summed E-state index contributed by atoms with van der Waals surface area (Å²) in [6.45, 7) is 6.94. The zero-order valence-corrected chi connectivity index (χ0v) is 13.2. The first-order chi connectivity index (χ1) is 10.2. The minimum atomic E-state index is 0.516. The Morgan fingerprint density at radius 2 is 1.90 bits per heavy atom. The van der Waals surface area contributed by atoms with Crippen molar-refractivity contribution in [2.75, 3.05) is 53.5 Å². The van der Waals surface area contributed by atoms with Gasteiger partial charge < -0.3 is 25.0 Å². The van der Waals surface area contributed by atoms with Gasteiger partial charge in [-0.05, 0) is 31.2 Å². The van der Waals surface area contributed by atoms with Crippen molar-refractivity contribution in [3.8, 4) is 11.5 Å². The van der Waals surface area contributed by atoms with Gasteiger partial charge in [0.1, 0.15) is 0 Å². The van der Waals surface area contributed by atoms with E-state index in [0.717, 1.165) is 56.2 Å². The van der Waals surface area contributed by atoms with Crippen LogP contribution < -0.4 is 15.2 Å². The summed E-state index contributed by atoms with van der Waals surface area (Å²) in [7, 11) is 3.84. The lowest BCUT2D eigenvalue weighted by Crippen LogP contribution is -2.44. The Morgan fingerprint density at radius 3 is 2.57 bits per heavy atom. The number of piperazine rings is 1. The summed E-state index contributed by atoms with van der Waals surface area (Å²) < 4.78 is 11.2. The van der Waals surface area contributed by atoms with Crippen LogP contribution in [-0.2, 0) is 6.54 Å². The summed E-state index contributed by atoms with van der Waals surface area (Å²) in [5.41, 5.74) is 6.73. The van der Waals surface area contributed by atoms with Gasteiger partial charge in [-0.1, -0.05) is 6.07 Å². The molecule has 5 nitrogen and oxygen atoms in total. The smallest absolute Gasteiger partial charge is 0.161 e. The standard InChI is InChI=1S/C16H27N3O2/c1-18-7-9-19(10-8-18)6-3-11-21-16-12-14(13-17)4-5-15(16)20-2/h4-5,12H,3,6-11,13,17H2,1-2H3. The molecule has 0 radical (unpaired) electrons. The number of hydrogen-bond acceptors (Lipinski definition) is 5. The first-order valence-corrected chi connectivity index (χ1v) is 7.63. The van der Waals surface area contributed by atoms with Crippen LogP contribution in [0.1, 0.15) is 12.0 Å². The number of benzene rings is 1. The first-order valence-electron chi connectivity index (χ1n) is 7.63. The van der Waals surface area contributed by atoms with Gasteiger partial charge >= 0.3 is 0 Å². The van der Waals surface area contributed by atoms with E-state index in [1.54, 1.807) is 7.11 Å². The molecular weight excluding hydrogens is 266 g/mol. The highest BCUT2D eigenvalue weighted by Gasteiger charge is 2.13. The second-order valence-electron chi connectivity index (χ2n) is 5.54. The number of likely N-dealkylation sites (N-methyl/N-ethyl adjacent to an activating group) is 1. The molecule has 0 bridgehead atoms. The minimum absolute atomic E-state index is 0.516. The highest BCUT2D eigenvalue weighted by Crippen LogP contribution is 2.28. The summed E-state index contributed by atoms with van der Waals surface area (Å²) in [5, 5.41) is 0. The Balaban J connectivity index is 1.75. The van der Waals surface area contributed by atoms with Crippen LogP contribution in [0.5, 0.6) is 11.5 Å². The normalized spacial score (nSPS) is 16.9. The van der Waals surface area contributed by atoms with E-state index < -0.39 is 0 Å². The van der Waals surface area contributed by atoms with Crippen molar-refractivity contribution in [2.24, 2.45) is 5.73 Å².